The summed E-state index contributed by atoms with van der Waals surface area (Å²) >= 11 is 0. The van der Waals surface area contributed by atoms with Gasteiger partial charge in [-0.25, -0.2) is 4.98 Å². The molecule has 2 fully saturated rings. The van der Waals surface area contributed by atoms with Crippen LogP contribution in [0.5, 0.6) is 0 Å². The zero-order valence-electron chi connectivity index (χ0n) is 22.1. The largest absolute Gasteiger partial charge is 0.402 e. The number of rotatable bonds is 9. The van der Waals surface area contributed by atoms with Crippen molar-refractivity contribution < 1.29 is 9.90 Å². The molecule has 0 spiro atoms. The highest BCUT2D eigenvalue weighted by atomic mass is 16.3. The second-order valence-electron chi connectivity index (χ2n) is 9.55. The molecule has 0 unspecified atom stereocenters. The van der Waals surface area contributed by atoms with Crippen molar-refractivity contribution in [3.05, 3.63) is 71.5 Å². The normalized spacial score (nSPS) is 18.5. The molecule has 0 aliphatic carbocycles. The number of carbonyl (C=O) groups excluding carboxylic acids is 1. The number of carbonyl (C=O) groups is 1. The van der Waals surface area contributed by atoms with Crippen LogP contribution in [0, 0.1) is 11.3 Å². The molecular weight excluding hydrogens is 468 g/mol. The van der Waals surface area contributed by atoms with E-state index in [4.69, 9.17) is 11.1 Å². The van der Waals surface area contributed by atoms with Crippen LogP contribution in [0.3, 0.4) is 0 Å². The molecule has 2 saturated heterocycles. The van der Waals surface area contributed by atoms with E-state index in [-0.39, 0.29) is 18.0 Å². The number of aliphatic hydroxyl groups is 1. The molecule has 2 aliphatic rings. The number of nitrogens with two attached hydrogens (primary N) is 1. The Labute approximate surface area is 220 Å². The molecule has 1 aromatic rings. The molecule has 0 radical (unpaired) electrons. The van der Waals surface area contributed by atoms with Crippen molar-refractivity contribution in [3.63, 3.8) is 0 Å². The molecule has 3 rings (SSSR count). The third-order valence-electron chi connectivity index (χ3n) is 7.22. The van der Waals surface area contributed by atoms with Gasteiger partial charge in [-0.05, 0) is 51.3 Å². The van der Waals surface area contributed by atoms with Gasteiger partial charge in [-0.2, -0.15) is 0 Å². The van der Waals surface area contributed by atoms with Crippen LogP contribution in [-0.4, -0.2) is 64.0 Å². The molecule has 0 aromatic carbocycles. The number of hydrogen-bond acceptors (Lipinski definition) is 7. The number of aromatic nitrogens is 2. The Morgan fingerprint density at radius 3 is 2.41 bits per heavy atom. The Balaban J connectivity index is 0.00000235. The number of hydrogen-bond donors (Lipinski definition) is 3. The molecule has 9 heteroatoms. The number of nitrogens with zero attached hydrogens (tertiary/aromatic N) is 4. The summed E-state index contributed by atoms with van der Waals surface area (Å²) < 4.78 is 1.47. The molecular formula is C28H42N6O3. The van der Waals surface area contributed by atoms with Gasteiger partial charge in [-0.1, -0.05) is 37.5 Å². The SMILES string of the molecule is C=C/C=C(\C=C)CCC(=O)N1CCC(O)(Cn2cnc(N3CCC(/C(N)=C/C)CC3)cc2=O)CC1.C=N. The summed E-state index contributed by atoms with van der Waals surface area (Å²) in [7, 11) is 0. The first-order chi connectivity index (χ1) is 17.8. The first-order valence-electron chi connectivity index (χ1n) is 12.8. The van der Waals surface area contributed by atoms with Gasteiger partial charge in [0.25, 0.3) is 5.56 Å². The molecule has 3 heterocycles. The van der Waals surface area contributed by atoms with E-state index < -0.39 is 5.60 Å². The maximum absolute atomic E-state index is 12.8. The van der Waals surface area contributed by atoms with Crippen LogP contribution in [0.15, 0.2) is 65.9 Å². The van der Waals surface area contributed by atoms with Crippen molar-refractivity contribution in [1.29, 1.82) is 5.41 Å². The van der Waals surface area contributed by atoms with Crippen LogP contribution >= 0.6 is 0 Å². The van der Waals surface area contributed by atoms with Gasteiger partial charge in [0.2, 0.25) is 5.91 Å². The van der Waals surface area contributed by atoms with Gasteiger partial charge in [0, 0.05) is 50.3 Å². The Morgan fingerprint density at radius 2 is 1.86 bits per heavy atom. The zero-order valence-corrected chi connectivity index (χ0v) is 22.1. The summed E-state index contributed by atoms with van der Waals surface area (Å²) in [5.74, 6) is 1.11. The van der Waals surface area contributed by atoms with Crippen LogP contribution < -0.4 is 16.2 Å². The van der Waals surface area contributed by atoms with Crippen molar-refractivity contribution in [3.8, 4) is 0 Å². The minimum absolute atomic E-state index is 0.0620. The summed E-state index contributed by atoms with van der Waals surface area (Å²) in [5.41, 5.74) is 6.75. The molecule has 0 atom stereocenters. The van der Waals surface area contributed by atoms with Crippen LogP contribution in [0.25, 0.3) is 0 Å². The number of likely N-dealkylation sites (tertiary alicyclic amines) is 1. The lowest BCUT2D eigenvalue weighted by molar-refractivity contribution is -0.135. The summed E-state index contributed by atoms with van der Waals surface area (Å²) in [6.07, 6.45) is 12.5. The molecule has 202 valence electrons. The minimum atomic E-state index is -1.04. The monoisotopic (exact) mass is 510 g/mol. The van der Waals surface area contributed by atoms with Gasteiger partial charge in [0.15, 0.2) is 0 Å². The molecule has 1 amide bonds. The minimum Gasteiger partial charge on any atom is -0.402 e. The highest BCUT2D eigenvalue weighted by Crippen LogP contribution is 2.26. The Hall–Kier alpha value is -3.46. The average molecular weight is 511 g/mol. The summed E-state index contributed by atoms with van der Waals surface area (Å²) in [6.45, 7) is 14.6. The maximum Gasteiger partial charge on any atom is 0.255 e. The van der Waals surface area contributed by atoms with E-state index in [2.05, 4.69) is 29.8 Å². The first kappa shape index (κ1) is 29.8. The Morgan fingerprint density at radius 1 is 1.22 bits per heavy atom. The fourth-order valence-corrected chi connectivity index (χ4v) is 4.85. The van der Waals surface area contributed by atoms with Gasteiger partial charge in [0.1, 0.15) is 5.82 Å². The molecule has 0 bridgehead atoms. The van der Waals surface area contributed by atoms with Crippen molar-refractivity contribution in [2.75, 3.05) is 31.1 Å². The maximum atomic E-state index is 12.8. The van der Waals surface area contributed by atoms with Gasteiger partial charge in [-0.3, -0.25) is 14.2 Å². The number of amides is 1. The smallest absolute Gasteiger partial charge is 0.255 e. The van der Waals surface area contributed by atoms with E-state index in [1.165, 1.54) is 10.9 Å². The van der Waals surface area contributed by atoms with Crippen molar-refractivity contribution in [2.45, 2.75) is 57.6 Å². The zero-order chi connectivity index (χ0) is 27.4. The van der Waals surface area contributed by atoms with E-state index in [9.17, 15) is 14.7 Å². The van der Waals surface area contributed by atoms with Crippen molar-refractivity contribution in [2.24, 2.45) is 11.7 Å². The van der Waals surface area contributed by atoms with Crippen LogP contribution in [0.1, 0.15) is 45.4 Å². The summed E-state index contributed by atoms with van der Waals surface area (Å²) in [5, 5.41) is 16.6. The fourth-order valence-electron chi connectivity index (χ4n) is 4.85. The molecule has 1 aromatic heterocycles. The predicted octanol–water partition coefficient (Wildman–Crippen LogP) is 3.02. The van der Waals surface area contributed by atoms with Gasteiger partial charge < -0.3 is 26.0 Å². The van der Waals surface area contributed by atoms with Gasteiger partial charge in [-0.15, -0.1) is 0 Å². The summed E-state index contributed by atoms with van der Waals surface area (Å²) in [4.78, 5) is 33.8. The van der Waals surface area contributed by atoms with Crippen LogP contribution in [0.4, 0.5) is 5.82 Å². The van der Waals surface area contributed by atoms with Gasteiger partial charge >= 0.3 is 0 Å². The molecule has 0 saturated carbocycles. The highest BCUT2D eigenvalue weighted by Gasteiger charge is 2.34. The van der Waals surface area contributed by atoms with Crippen molar-refractivity contribution >= 4 is 18.4 Å². The molecule has 37 heavy (non-hydrogen) atoms. The third-order valence-corrected chi connectivity index (χ3v) is 7.22. The number of nitrogens with one attached hydrogen (secondary N) is 1. The number of anilines is 1. The molecule has 4 N–H and O–H groups in total. The van der Waals surface area contributed by atoms with E-state index in [1.54, 1.807) is 23.1 Å². The summed E-state index contributed by atoms with van der Waals surface area (Å²) in [6, 6.07) is 1.55. The van der Waals surface area contributed by atoms with Crippen LogP contribution in [-0.2, 0) is 11.3 Å². The fraction of sp³-hybridized carbons (Fsp3) is 0.500. The average Bonchev–Trinajstić information content (AvgIpc) is 2.93. The lowest BCUT2D eigenvalue weighted by Crippen LogP contribution is -2.49. The second-order valence-corrected chi connectivity index (χ2v) is 9.55. The van der Waals surface area contributed by atoms with E-state index in [1.807, 2.05) is 19.1 Å². The van der Waals surface area contributed by atoms with E-state index in [0.717, 1.165) is 37.2 Å². The van der Waals surface area contributed by atoms with Gasteiger partial charge in [0.05, 0.1) is 18.5 Å². The Bertz CT molecular complexity index is 1040. The Kier molecular flexibility index (Phi) is 11.5. The van der Waals surface area contributed by atoms with Crippen molar-refractivity contribution in [1.82, 2.24) is 14.5 Å². The first-order valence-corrected chi connectivity index (χ1v) is 12.8. The standard InChI is InChI=1S/C27H39N5O3.CH3N/c1-4-7-21(5-2)8-9-25(33)31-16-12-27(35,13-17-31)19-32-20-29-24(18-26(32)34)30-14-10-22(11-15-30)23(28)6-3;1-2/h4-7,18,20,22,35H,1-2,8-17,19,28H2,3H3;2H,1H2/b21-7+,23-6-;. The lowest BCUT2D eigenvalue weighted by atomic mass is 9.91. The number of allylic oxidation sites excluding steroid dienone is 6. The third kappa shape index (κ3) is 8.28. The van der Waals surface area contributed by atoms with Crippen LogP contribution in [0.2, 0.25) is 0 Å². The topological polar surface area (TPSA) is 129 Å². The lowest BCUT2D eigenvalue weighted by Gasteiger charge is -2.38. The van der Waals surface area contributed by atoms with E-state index >= 15 is 0 Å². The predicted molar refractivity (Wildman–Crippen MR) is 150 cm³/mol. The second kappa shape index (κ2) is 14.3. The number of piperidine rings is 2. The van der Waals surface area contributed by atoms with E-state index in [0.29, 0.717) is 50.5 Å². The molecule has 9 nitrogen and oxygen atoms in total. The highest BCUT2D eigenvalue weighted by molar-refractivity contribution is 5.76. The molecule has 2 aliphatic heterocycles. The quantitative estimate of drug-likeness (QED) is 0.346.